The maximum absolute atomic E-state index is 12.0. The molecule has 0 atom stereocenters. The van der Waals surface area contributed by atoms with Crippen LogP contribution in [0.1, 0.15) is 26.7 Å². The zero-order chi connectivity index (χ0) is 14.8. The second kappa shape index (κ2) is 5.41. The topological polar surface area (TPSA) is 79.3 Å². The van der Waals surface area contributed by atoms with Crippen molar-refractivity contribution in [3.05, 3.63) is 18.2 Å². The standard InChI is InChI=1S/C15H19N3O2/c1-15(2,10-16)6-3-7-18-12-8-11(17)4-5-13(12)20-9-14(18)19/h4-5,8H,3,6-7,9,17H2,1-2H3. The van der Waals surface area contributed by atoms with E-state index in [2.05, 4.69) is 6.07 Å². The molecule has 2 rings (SSSR count). The predicted molar refractivity (Wildman–Crippen MR) is 77.3 cm³/mol. The Bertz CT molecular complexity index is 561. The minimum atomic E-state index is -0.367. The zero-order valence-corrected chi connectivity index (χ0v) is 11.8. The van der Waals surface area contributed by atoms with Gasteiger partial charge in [0.1, 0.15) is 5.75 Å². The molecule has 106 valence electrons. The van der Waals surface area contributed by atoms with E-state index in [0.717, 1.165) is 18.5 Å². The monoisotopic (exact) mass is 273 g/mol. The van der Waals surface area contributed by atoms with Crippen molar-refractivity contribution in [1.29, 1.82) is 5.26 Å². The lowest BCUT2D eigenvalue weighted by atomic mass is 9.90. The Morgan fingerprint density at radius 1 is 1.50 bits per heavy atom. The second-order valence-electron chi connectivity index (χ2n) is 5.66. The van der Waals surface area contributed by atoms with E-state index in [1.54, 1.807) is 23.1 Å². The Kier molecular flexibility index (Phi) is 3.84. The molecular weight excluding hydrogens is 254 g/mol. The van der Waals surface area contributed by atoms with Crippen molar-refractivity contribution >= 4 is 17.3 Å². The number of hydrogen-bond acceptors (Lipinski definition) is 4. The lowest BCUT2D eigenvalue weighted by Gasteiger charge is -2.30. The van der Waals surface area contributed by atoms with Crippen molar-refractivity contribution < 1.29 is 9.53 Å². The number of nitrogen functional groups attached to an aromatic ring is 1. The highest BCUT2D eigenvalue weighted by Gasteiger charge is 2.26. The SMILES string of the molecule is CC(C)(C#N)CCCN1C(=O)COc2ccc(N)cc21. The average molecular weight is 273 g/mol. The van der Waals surface area contributed by atoms with Gasteiger partial charge in [-0.05, 0) is 44.9 Å². The van der Waals surface area contributed by atoms with Crippen LogP contribution in [0.4, 0.5) is 11.4 Å². The van der Waals surface area contributed by atoms with Crippen molar-refractivity contribution in [3.8, 4) is 11.8 Å². The van der Waals surface area contributed by atoms with Crippen molar-refractivity contribution in [3.63, 3.8) is 0 Å². The van der Waals surface area contributed by atoms with Gasteiger partial charge in [-0.15, -0.1) is 0 Å². The van der Waals surface area contributed by atoms with E-state index in [1.165, 1.54) is 0 Å². The number of nitriles is 1. The first-order chi connectivity index (χ1) is 9.43. The van der Waals surface area contributed by atoms with Crippen LogP contribution >= 0.6 is 0 Å². The van der Waals surface area contributed by atoms with Gasteiger partial charge in [-0.2, -0.15) is 5.26 Å². The summed E-state index contributed by atoms with van der Waals surface area (Å²) in [6.07, 6.45) is 1.51. The summed E-state index contributed by atoms with van der Waals surface area (Å²) >= 11 is 0. The third-order valence-electron chi connectivity index (χ3n) is 3.41. The molecule has 0 bridgehead atoms. The van der Waals surface area contributed by atoms with Crippen LogP contribution in [0.5, 0.6) is 5.75 Å². The molecule has 1 amide bonds. The molecule has 0 fully saturated rings. The maximum atomic E-state index is 12.0. The number of amides is 1. The number of ether oxygens (including phenoxy) is 1. The fraction of sp³-hybridized carbons (Fsp3) is 0.467. The van der Waals surface area contributed by atoms with Crippen molar-refractivity contribution in [2.45, 2.75) is 26.7 Å². The molecule has 0 radical (unpaired) electrons. The summed E-state index contributed by atoms with van der Waals surface area (Å²) in [7, 11) is 0. The summed E-state index contributed by atoms with van der Waals surface area (Å²) in [5, 5.41) is 9.01. The maximum Gasteiger partial charge on any atom is 0.265 e. The van der Waals surface area contributed by atoms with Crippen molar-refractivity contribution in [2.75, 3.05) is 23.8 Å². The Morgan fingerprint density at radius 3 is 2.95 bits per heavy atom. The number of hydrogen-bond donors (Lipinski definition) is 1. The highest BCUT2D eigenvalue weighted by atomic mass is 16.5. The minimum absolute atomic E-state index is 0.0541. The second-order valence-corrected chi connectivity index (χ2v) is 5.66. The van der Waals surface area contributed by atoms with Crippen LogP contribution in [0, 0.1) is 16.7 Å². The Morgan fingerprint density at radius 2 is 2.25 bits per heavy atom. The molecule has 1 aliphatic heterocycles. The van der Waals surface area contributed by atoms with Gasteiger partial charge in [-0.25, -0.2) is 0 Å². The van der Waals surface area contributed by atoms with Gasteiger partial charge in [0, 0.05) is 12.2 Å². The first kappa shape index (κ1) is 14.2. The molecule has 0 spiro atoms. The molecule has 5 heteroatoms. The van der Waals surface area contributed by atoms with Gasteiger partial charge >= 0.3 is 0 Å². The number of carbonyl (C=O) groups excluding carboxylic acids is 1. The van der Waals surface area contributed by atoms with E-state index in [1.807, 2.05) is 13.8 Å². The molecule has 0 saturated carbocycles. The molecular formula is C15H19N3O2. The first-order valence-corrected chi connectivity index (χ1v) is 6.67. The van der Waals surface area contributed by atoms with E-state index in [-0.39, 0.29) is 17.9 Å². The average Bonchev–Trinajstić information content (AvgIpc) is 2.41. The molecule has 1 aromatic carbocycles. The van der Waals surface area contributed by atoms with Gasteiger partial charge in [0.2, 0.25) is 0 Å². The van der Waals surface area contributed by atoms with E-state index in [0.29, 0.717) is 18.0 Å². The van der Waals surface area contributed by atoms with Crippen molar-refractivity contribution in [2.24, 2.45) is 5.41 Å². The van der Waals surface area contributed by atoms with E-state index in [9.17, 15) is 4.79 Å². The molecule has 20 heavy (non-hydrogen) atoms. The number of nitrogens with zero attached hydrogens (tertiary/aromatic N) is 2. The van der Waals surface area contributed by atoms with Crippen LogP contribution in [-0.2, 0) is 4.79 Å². The number of nitrogens with two attached hydrogens (primary N) is 1. The van der Waals surface area contributed by atoms with Gasteiger partial charge in [0.15, 0.2) is 6.61 Å². The summed E-state index contributed by atoms with van der Waals surface area (Å²) in [5.41, 5.74) is 6.73. The molecule has 0 aliphatic carbocycles. The van der Waals surface area contributed by atoms with Gasteiger partial charge in [-0.3, -0.25) is 4.79 Å². The summed E-state index contributed by atoms with van der Waals surface area (Å²) in [5.74, 6) is 0.608. The van der Waals surface area contributed by atoms with Crippen LogP contribution in [-0.4, -0.2) is 19.1 Å². The van der Waals surface area contributed by atoms with Gasteiger partial charge in [0.05, 0.1) is 17.2 Å². The quantitative estimate of drug-likeness (QED) is 0.854. The smallest absolute Gasteiger partial charge is 0.265 e. The van der Waals surface area contributed by atoms with Crippen LogP contribution in [0.25, 0.3) is 0 Å². The molecule has 0 aromatic heterocycles. The summed E-state index contributed by atoms with van der Waals surface area (Å²) in [6.45, 7) is 4.43. The van der Waals surface area contributed by atoms with Gasteiger partial charge in [-0.1, -0.05) is 0 Å². The molecule has 0 unspecified atom stereocenters. The third kappa shape index (κ3) is 3.02. The van der Waals surface area contributed by atoms with Crippen LogP contribution in [0.15, 0.2) is 18.2 Å². The first-order valence-electron chi connectivity index (χ1n) is 6.67. The molecule has 1 aliphatic rings. The summed E-state index contributed by atoms with van der Waals surface area (Å²) in [6, 6.07) is 7.56. The Balaban J connectivity index is 2.10. The lowest BCUT2D eigenvalue weighted by Crippen LogP contribution is -2.39. The zero-order valence-electron chi connectivity index (χ0n) is 11.8. The van der Waals surface area contributed by atoms with E-state index in [4.69, 9.17) is 15.7 Å². The molecule has 1 heterocycles. The van der Waals surface area contributed by atoms with Gasteiger partial charge in [0.25, 0.3) is 5.91 Å². The van der Waals surface area contributed by atoms with Crippen molar-refractivity contribution in [1.82, 2.24) is 0 Å². The third-order valence-corrected chi connectivity index (χ3v) is 3.41. The molecule has 0 saturated heterocycles. The summed E-state index contributed by atoms with van der Waals surface area (Å²) < 4.78 is 5.39. The number of carbonyl (C=O) groups is 1. The fourth-order valence-electron chi connectivity index (χ4n) is 2.20. The lowest BCUT2D eigenvalue weighted by molar-refractivity contribution is -0.121. The number of anilines is 2. The number of fused-ring (bicyclic) bond motifs is 1. The van der Waals surface area contributed by atoms with Crippen LogP contribution in [0.2, 0.25) is 0 Å². The molecule has 5 nitrogen and oxygen atoms in total. The predicted octanol–water partition coefficient (Wildman–Crippen LogP) is 2.32. The van der Waals surface area contributed by atoms with E-state index < -0.39 is 0 Å². The van der Waals surface area contributed by atoms with Crippen LogP contribution < -0.4 is 15.4 Å². The Labute approximate surface area is 118 Å². The fourth-order valence-corrected chi connectivity index (χ4v) is 2.20. The number of benzene rings is 1. The highest BCUT2D eigenvalue weighted by Crippen LogP contribution is 2.34. The molecule has 1 aromatic rings. The van der Waals surface area contributed by atoms with Gasteiger partial charge < -0.3 is 15.4 Å². The summed E-state index contributed by atoms with van der Waals surface area (Å²) in [4.78, 5) is 13.7. The van der Waals surface area contributed by atoms with E-state index >= 15 is 0 Å². The van der Waals surface area contributed by atoms with Crippen LogP contribution in [0.3, 0.4) is 0 Å². The normalized spacial score (nSPS) is 14.4. The Hall–Kier alpha value is -2.22. The number of rotatable bonds is 4. The minimum Gasteiger partial charge on any atom is -0.482 e. The largest absolute Gasteiger partial charge is 0.482 e. The highest BCUT2D eigenvalue weighted by molar-refractivity contribution is 5.98. The molecule has 2 N–H and O–H groups in total.